The van der Waals surface area contributed by atoms with Crippen LogP contribution >= 0.6 is 0 Å². The SMILES string of the molecule is Cn1ccnc1CNCCc1ccco1. The van der Waals surface area contributed by atoms with E-state index in [2.05, 4.69) is 10.3 Å². The minimum absolute atomic E-state index is 0.796. The van der Waals surface area contributed by atoms with E-state index in [0.717, 1.165) is 31.1 Å². The molecule has 0 amide bonds. The van der Waals surface area contributed by atoms with Gasteiger partial charge in [-0.1, -0.05) is 0 Å². The molecule has 2 rings (SSSR count). The van der Waals surface area contributed by atoms with Crippen LogP contribution in [-0.2, 0) is 20.0 Å². The number of nitrogens with one attached hydrogen (secondary N) is 1. The van der Waals surface area contributed by atoms with Gasteiger partial charge in [0, 0.05) is 32.4 Å². The van der Waals surface area contributed by atoms with Crippen molar-refractivity contribution in [1.29, 1.82) is 0 Å². The molecule has 0 spiro atoms. The van der Waals surface area contributed by atoms with Crippen LogP contribution in [-0.4, -0.2) is 16.1 Å². The van der Waals surface area contributed by atoms with Crippen LogP contribution in [0.2, 0.25) is 0 Å². The van der Waals surface area contributed by atoms with E-state index >= 15 is 0 Å². The van der Waals surface area contributed by atoms with Crippen molar-refractivity contribution >= 4 is 0 Å². The van der Waals surface area contributed by atoms with Crippen LogP contribution in [0.5, 0.6) is 0 Å². The standard InChI is InChI=1S/C11H15N3O/c1-14-7-6-13-11(14)9-12-5-4-10-3-2-8-15-10/h2-3,6-8,12H,4-5,9H2,1H3. The van der Waals surface area contributed by atoms with E-state index in [9.17, 15) is 0 Å². The van der Waals surface area contributed by atoms with Crippen LogP contribution in [0.4, 0.5) is 0 Å². The lowest BCUT2D eigenvalue weighted by Gasteiger charge is -2.03. The number of aromatic nitrogens is 2. The van der Waals surface area contributed by atoms with Gasteiger partial charge in [0.05, 0.1) is 12.8 Å². The number of nitrogens with zero attached hydrogens (tertiary/aromatic N) is 2. The highest BCUT2D eigenvalue weighted by Crippen LogP contribution is 2.00. The first-order valence-corrected chi connectivity index (χ1v) is 5.05. The summed E-state index contributed by atoms with van der Waals surface area (Å²) < 4.78 is 7.25. The van der Waals surface area contributed by atoms with E-state index in [4.69, 9.17) is 4.42 Å². The number of rotatable bonds is 5. The van der Waals surface area contributed by atoms with Crippen molar-refractivity contribution in [3.63, 3.8) is 0 Å². The fourth-order valence-corrected chi connectivity index (χ4v) is 1.43. The van der Waals surface area contributed by atoms with E-state index in [-0.39, 0.29) is 0 Å². The van der Waals surface area contributed by atoms with Gasteiger partial charge in [-0.05, 0) is 12.1 Å². The van der Waals surface area contributed by atoms with Gasteiger partial charge >= 0.3 is 0 Å². The van der Waals surface area contributed by atoms with Crippen LogP contribution in [0.15, 0.2) is 35.2 Å². The smallest absolute Gasteiger partial charge is 0.122 e. The zero-order valence-electron chi connectivity index (χ0n) is 8.81. The maximum Gasteiger partial charge on any atom is 0.122 e. The minimum atomic E-state index is 0.796. The molecule has 0 unspecified atom stereocenters. The topological polar surface area (TPSA) is 43.0 Å². The largest absolute Gasteiger partial charge is 0.469 e. The Balaban J connectivity index is 1.70. The van der Waals surface area contributed by atoms with Gasteiger partial charge in [0.2, 0.25) is 0 Å². The number of imidazole rings is 1. The van der Waals surface area contributed by atoms with Gasteiger partial charge in [-0.3, -0.25) is 0 Å². The lowest BCUT2D eigenvalue weighted by molar-refractivity contribution is 0.496. The fourth-order valence-electron chi connectivity index (χ4n) is 1.43. The van der Waals surface area contributed by atoms with Gasteiger partial charge in [-0.25, -0.2) is 4.98 Å². The first-order valence-electron chi connectivity index (χ1n) is 5.05. The third-order valence-electron chi connectivity index (χ3n) is 2.33. The summed E-state index contributed by atoms with van der Waals surface area (Å²) in [5.41, 5.74) is 0. The highest BCUT2D eigenvalue weighted by Gasteiger charge is 1.98. The quantitative estimate of drug-likeness (QED) is 0.749. The van der Waals surface area contributed by atoms with Crippen molar-refractivity contribution in [3.8, 4) is 0 Å². The average Bonchev–Trinajstić information content (AvgIpc) is 2.85. The molecule has 2 aromatic heterocycles. The summed E-state index contributed by atoms with van der Waals surface area (Å²) in [5, 5.41) is 3.32. The van der Waals surface area contributed by atoms with E-state index < -0.39 is 0 Å². The van der Waals surface area contributed by atoms with Crippen LogP contribution in [0, 0.1) is 0 Å². The summed E-state index contributed by atoms with van der Waals surface area (Å²) in [6.07, 6.45) is 6.37. The zero-order chi connectivity index (χ0) is 10.5. The van der Waals surface area contributed by atoms with Gasteiger partial charge in [0.1, 0.15) is 11.6 Å². The molecule has 0 radical (unpaired) electrons. The van der Waals surface area contributed by atoms with Crippen molar-refractivity contribution in [2.45, 2.75) is 13.0 Å². The number of hydrogen-bond donors (Lipinski definition) is 1. The Morgan fingerprint density at radius 1 is 1.53 bits per heavy atom. The molecule has 0 atom stereocenters. The molecule has 15 heavy (non-hydrogen) atoms. The van der Waals surface area contributed by atoms with E-state index in [1.54, 1.807) is 6.26 Å². The van der Waals surface area contributed by atoms with Crippen LogP contribution < -0.4 is 5.32 Å². The average molecular weight is 205 g/mol. The summed E-state index contributed by atoms with van der Waals surface area (Å²) in [6, 6.07) is 3.90. The molecule has 0 fully saturated rings. The maximum absolute atomic E-state index is 5.23. The van der Waals surface area contributed by atoms with Gasteiger partial charge in [0.25, 0.3) is 0 Å². The predicted octanol–water partition coefficient (Wildman–Crippen LogP) is 1.35. The summed E-state index contributed by atoms with van der Waals surface area (Å²) in [6.45, 7) is 1.70. The second-order valence-electron chi connectivity index (χ2n) is 3.46. The van der Waals surface area contributed by atoms with Crippen LogP contribution in [0.3, 0.4) is 0 Å². The zero-order valence-corrected chi connectivity index (χ0v) is 8.81. The Kier molecular flexibility index (Phi) is 3.19. The molecule has 0 bridgehead atoms. The Labute approximate surface area is 88.9 Å². The van der Waals surface area contributed by atoms with Gasteiger partial charge in [-0.2, -0.15) is 0 Å². The van der Waals surface area contributed by atoms with Gasteiger partial charge in [-0.15, -0.1) is 0 Å². The predicted molar refractivity (Wildman–Crippen MR) is 57.3 cm³/mol. The molecule has 0 aliphatic rings. The normalized spacial score (nSPS) is 10.7. The Hall–Kier alpha value is -1.55. The molecular weight excluding hydrogens is 190 g/mol. The third kappa shape index (κ3) is 2.70. The molecular formula is C11H15N3O. The molecule has 0 saturated heterocycles. The number of furan rings is 1. The molecule has 0 aliphatic heterocycles. The van der Waals surface area contributed by atoms with E-state index in [0.29, 0.717) is 0 Å². The molecule has 2 heterocycles. The number of aryl methyl sites for hydroxylation is 1. The lowest BCUT2D eigenvalue weighted by Crippen LogP contribution is -2.18. The fraction of sp³-hybridized carbons (Fsp3) is 0.364. The molecule has 4 nitrogen and oxygen atoms in total. The molecule has 80 valence electrons. The van der Waals surface area contributed by atoms with E-state index in [1.807, 2.05) is 36.1 Å². The van der Waals surface area contributed by atoms with Crippen LogP contribution in [0.25, 0.3) is 0 Å². The van der Waals surface area contributed by atoms with Crippen molar-refractivity contribution in [2.24, 2.45) is 7.05 Å². The summed E-state index contributed by atoms with van der Waals surface area (Å²) >= 11 is 0. The molecule has 0 aliphatic carbocycles. The molecule has 4 heteroatoms. The van der Waals surface area contributed by atoms with Crippen molar-refractivity contribution in [2.75, 3.05) is 6.54 Å². The minimum Gasteiger partial charge on any atom is -0.469 e. The third-order valence-corrected chi connectivity index (χ3v) is 2.33. The second kappa shape index (κ2) is 4.79. The Morgan fingerprint density at radius 3 is 3.13 bits per heavy atom. The number of hydrogen-bond acceptors (Lipinski definition) is 3. The van der Waals surface area contributed by atoms with Crippen molar-refractivity contribution in [3.05, 3.63) is 42.4 Å². The monoisotopic (exact) mass is 205 g/mol. The molecule has 0 aromatic carbocycles. The van der Waals surface area contributed by atoms with Gasteiger partial charge < -0.3 is 14.3 Å². The lowest BCUT2D eigenvalue weighted by atomic mass is 10.3. The molecule has 1 N–H and O–H groups in total. The first kappa shape index (κ1) is 9.98. The summed E-state index contributed by atoms with van der Waals surface area (Å²) in [5.74, 6) is 2.07. The highest BCUT2D eigenvalue weighted by molar-refractivity contribution is 4.98. The van der Waals surface area contributed by atoms with E-state index in [1.165, 1.54) is 0 Å². The van der Waals surface area contributed by atoms with Crippen molar-refractivity contribution in [1.82, 2.24) is 14.9 Å². The van der Waals surface area contributed by atoms with Crippen molar-refractivity contribution < 1.29 is 4.42 Å². The highest BCUT2D eigenvalue weighted by atomic mass is 16.3. The Bertz CT molecular complexity index is 392. The summed E-state index contributed by atoms with van der Waals surface area (Å²) in [7, 11) is 2.00. The maximum atomic E-state index is 5.23. The van der Waals surface area contributed by atoms with Gasteiger partial charge in [0.15, 0.2) is 0 Å². The Morgan fingerprint density at radius 2 is 2.47 bits per heavy atom. The van der Waals surface area contributed by atoms with Crippen LogP contribution in [0.1, 0.15) is 11.6 Å². The molecule has 0 saturated carbocycles. The second-order valence-corrected chi connectivity index (χ2v) is 3.46. The first-order chi connectivity index (χ1) is 7.36. The molecule has 2 aromatic rings. The summed E-state index contributed by atoms with van der Waals surface area (Å²) in [4.78, 5) is 4.23.